The van der Waals surface area contributed by atoms with Crippen LogP contribution in [0.4, 0.5) is 0 Å². The van der Waals surface area contributed by atoms with Gasteiger partial charge >= 0.3 is 11.9 Å². The first kappa shape index (κ1) is 16.0. The van der Waals surface area contributed by atoms with Crippen molar-refractivity contribution in [1.29, 1.82) is 0 Å². The number of rotatable bonds is 6. The summed E-state index contributed by atoms with van der Waals surface area (Å²) in [5.41, 5.74) is 0. The zero-order chi connectivity index (χ0) is 14.4. The molecule has 0 N–H and O–H groups in total. The van der Waals surface area contributed by atoms with Crippen LogP contribution in [0.15, 0.2) is 0 Å². The van der Waals surface area contributed by atoms with Crippen LogP contribution in [0.1, 0.15) is 59.8 Å². The van der Waals surface area contributed by atoms with Crippen LogP contribution in [0.25, 0.3) is 0 Å². The van der Waals surface area contributed by atoms with E-state index in [1.165, 1.54) is 0 Å². The van der Waals surface area contributed by atoms with E-state index in [2.05, 4.69) is 0 Å². The molecule has 19 heavy (non-hydrogen) atoms. The van der Waals surface area contributed by atoms with Crippen molar-refractivity contribution in [3.63, 3.8) is 0 Å². The van der Waals surface area contributed by atoms with Crippen molar-refractivity contribution in [3.8, 4) is 0 Å². The molecule has 110 valence electrons. The van der Waals surface area contributed by atoms with Gasteiger partial charge in [-0.2, -0.15) is 0 Å². The molecule has 0 aromatic heterocycles. The van der Waals surface area contributed by atoms with Gasteiger partial charge in [-0.15, -0.1) is 0 Å². The Balaban J connectivity index is 2.55. The fourth-order valence-corrected chi connectivity index (χ4v) is 2.14. The molecule has 1 aliphatic carbocycles. The fourth-order valence-electron chi connectivity index (χ4n) is 2.14. The molecule has 0 spiro atoms. The first-order valence-corrected chi connectivity index (χ1v) is 7.31. The van der Waals surface area contributed by atoms with Crippen LogP contribution < -0.4 is 0 Å². The molecule has 4 heteroatoms. The van der Waals surface area contributed by atoms with Crippen LogP contribution in [0, 0.1) is 11.8 Å². The van der Waals surface area contributed by atoms with Gasteiger partial charge in [0, 0.05) is 0 Å². The minimum absolute atomic E-state index is 0.0138. The lowest BCUT2D eigenvalue weighted by atomic mass is 10.1. The van der Waals surface area contributed by atoms with E-state index in [-0.39, 0.29) is 29.9 Å². The summed E-state index contributed by atoms with van der Waals surface area (Å²) in [6.07, 6.45) is 3.85. The summed E-state index contributed by atoms with van der Waals surface area (Å²) in [4.78, 5) is 23.7. The maximum absolute atomic E-state index is 12.1. The highest BCUT2D eigenvalue weighted by Gasteiger charge is 2.29. The molecule has 4 nitrogen and oxygen atoms in total. The van der Waals surface area contributed by atoms with E-state index >= 15 is 0 Å². The molecule has 1 unspecified atom stereocenters. The summed E-state index contributed by atoms with van der Waals surface area (Å²) in [6, 6.07) is 0. The Labute approximate surface area is 115 Å². The first-order chi connectivity index (χ1) is 8.90. The van der Waals surface area contributed by atoms with Gasteiger partial charge in [0.1, 0.15) is 6.10 Å². The summed E-state index contributed by atoms with van der Waals surface area (Å²) in [5, 5.41) is 0. The topological polar surface area (TPSA) is 52.6 Å². The molecule has 0 amide bonds. The van der Waals surface area contributed by atoms with Crippen molar-refractivity contribution in [2.45, 2.75) is 72.0 Å². The lowest BCUT2D eigenvalue weighted by molar-refractivity contribution is -0.174. The molecule has 0 saturated heterocycles. The quantitative estimate of drug-likeness (QED) is 0.696. The SMILES string of the molecule is CC(C)CC(OC(=O)C(C)C)C(=O)OC1CCCC1. The van der Waals surface area contributed by atoms with Gasteiger partial charge in [0.25, 0.3) is 0 Å². The van der Waals surface area contributed by atoms with E-state index in [4.69, 9.17) is 9.47 Å². The third-order valence-electron chi connectivity index (χ3n) is 3.26. The number of hydrogen-bond acceptors (Lipinski definition) is 4. The standard InChI is InChI=1S/C15H26O4/c1-10(2)9-13(19-14(16)11(3)4)15(17)18-12-7-5-6-8-12/h10-13H,5-9H2,1-4H3. The number of carbonyl (C=O) groups excluding carboxylic acids is 2. The highest BCUT2D eigenvalue weighted by molar-refractivity contribution is 5.80. The molecule has 0 aromatic carbocycles. The second kappa shape index (κ2) is 7.51. The van der Waals surface area contributed by atoms with Gasteiger partial charge in [0.05, 0.1) is 5.92 Å². The highest BCUT2D eigenvalue weighted by Crippen LogP contribution is 2.22. The Kier molecular flexibility index (Phi) is 6.32. The summed E-state index contributed by atoms with van der Waals surface area (Å²) in [6.45, 7) is 7.52. The van der Waals surface area contributed by atoms with Crippen molar-refractivity contribution in [2.24, 2.45) is 11.8 Å². The van der Waals surface area contributed by atoms with Gasteiger partial charge in [0.15, 0.2) is 6.10 Å². The normalized spacial score (nSPS) is 17.8. The van der Waals surface area contributed by atoms with E-state index < -0.39 is 6.10 Å². The molecule has 0 bridgehead atoms. The number of carbonyl (C=O) groups is 2. The summed E-state index contributed by atoms with van der Waals surface area (Å²) >= 11 is 0. The average Bonchev–Trinajstić information content (AvgIpc) is 2.79. The van der Waals surface area contributed by atoms with Gasteiger partial charge in [0.2, 0.25) is 0 Å². The lowest BCUT2D eigenvalue weighted by Gasteiger charge is -2.21. The van der Waals surface area contributed by atoms with E-state index in [0.717, 1.165) is 25.7 Å². The van der Waals surface area contributed by atoms with Crippen molar-refractivity contribution in [2.75, 3.05) is 0 Å². The van der Waals surface area contributed by atoms with E-state index in [9.17, 15) is 9.59 Å². The average molecular weight is 270 g/mol. The third kappa shape index (κ3) is 5.62. The van der Waals surface area contributed by atoms with Gasteiger partial charge in [-0.3, -0.25) is 4.79 Å². The Morgan fingerprint density at radius 3 is 2.11 bits per heavy atom. The minimum atomic E-state index is -0.754. The molecule has 0 heterocycles. The highest BCUT2D eigenvalue weighted by atomic mass is 16.6. The second-order valence-corrected chi connectivity index (χ2v) is 6.05. The Hall–Kier alpha value is -1.06. The predicted octanol–water partition coefficient (Wildman–Crippen LogP) is 3.09. The van der Waals surface area contributed by atoms with Crippen LogP contribution >= 0.6 is 0 Å². The van der Waals surface area contributed by atoms with Crippen LogP contribution in [0.3, 0.4) is 0 Å². The van der Waals surface area contributed by atoms with Crippen molar-refractivity contribution >= 4 is 11.9 Å². The monoisotopic (exact) mass is 270 g/mol. The first-order valence-electron chi connectivity index (χ1n) is 7.31. The molecular formula is C15H26O4. The maximum Gasteiger partial charge on any atom is 0.347 e. The number of esters is 2. The minimum Gasteiger partial charge on any atom is -0.460 e. The van der Waals surface area contributed by atoms with Gasteiger partial charge in [-0.25, -0.2) is 4.79 Å². The third-order valence-corrected chi connectivity index (χ3v) is 3.26. The Morgan fingerprint density at radius 1 is 1.05 bits per heavy atom. The predicted molar refractivity (Wildman–Crippen MR) is 72.5 cm³/mol. The second-order valence-electron chi connectivity index (χ2n) is 6.05. The lowest BCUT2D eigenvalue weighted by Crippen LogP contribution is -2.34. The molecule has 0 radical (unpaired) electrons. The molecule has 1 atom stereocenters. The molecule has 1 saturated carbocycles. The number of ether oxygens (including phenoxy) is 2. The van der Waals surface area contributed by atoms with Crippen LogP contribution in [-0.2, 0) is 19.1 Å². The van der Waals surface area contributed by atoms with Gasteiger partial charge in [-0.1, -0.05) is 27.7 Å². The van der Waals surface area contributed by atoms with Crippen molar-refractivity contribution < 1.29 is 19.1 Å². The molecule has 0 aromatic rings. The Bertz CT molecular complexity index is 303. The molecule has 1 rings (SSSR count). The van der Waals surface area contributed by atoms with E-state index in [1.807, 2.05) is 13.8 Å². The van der Waals surface area contributed by atoms with E-state index in [1.54, 1.807) is 13.8 Å². The smallest absolute Gasteiger partial charge is 0.347 e. The maximum atomic E-state index is 12.1. The van der Waals surface area contributed by atoms with Crippen LogP contribution in [0.5, 0.6) is 0 Å². The van der Waals surface area contributed by atoms with Gasteiger partial charge in [-0.05, 0) is 38.0 Å². The summed E-state index contributed by atoms with van der Waals surface area (Å²) < 4.78 is 10.7. The van der Waals surface area contributed by atoms with Crippen LogP contribution in [0.2, 0.25) is 0 Å². The Morgan fingerprint density at radius 2 is 1.63 bits per heavy atom. The molecule has 0 aliphatic heterocycles. The zero-order valence-corrected chi connectivity index (χ0v) is 12.5. The van der Waals surface area contributed by atoms with E-state index in [0.29, 0.717) is 6.42 Å². The van der Waals surface area contributed by atoms with Gasteiger partial charge < -0.3 is 9.47 Å². The molecule has 1 aliphatic rings. The zero-order valence-electron chi connectivity index (χ0n) is 12.5. The number of hydrogen-bond donors (Lipinski definition) is 0. The van der Waals surface area contributed by atoms with Crippen molar-refractivity contribution in [3.05, 3.63) is 0 Å². The fraction of sp³-hybridized carbons (Fsp3) is 0.867. The summed E-state index contributed by atoms with van der Waals surface area (Å²) in [5.74, 6) is -0.668. The molecular weight excluding hydrogens is 244 g/mol. The summed E-state index contributed by atoms with van der Waals surface area (Å²) in [7, 11) is 0. The largest absolute Gasteiger partial charge is 0.460 e. The van der Waals surface area contributed by atoms with Crippen LogP contribution in [-0.4, -0.2) is 24.1 Å². The van der Waals surface area contributed by atoms with Crippen molar-refractivity contribution in [1.82, 2.24) is 0 Å². The molecule has 1 fully saturated rings.